The third kappa shape index (κ3) is 4.14. The highest BCUT2D eigenvalue weighted by atomic mass is 16.5. The van der Waals surface area contributed by atoms with Gasteiger partial charge >= 0.3 is 0 Å². The molecular formula is C23H33N3O2. The lowest BCUT2D eigenvalue weighted by Gasteiger charge is -2.38. The molecule has 28 heavy (non-hydrogen) atoms. The lowest BCUT2D eigenvalue weighted by Crippen LogP contribution is -2.44. The highest BCUT2D eigenvalue weighted by molar-refractivity contribution is 5.95. The zero-order valence-corrected chi connectivity index (χ0v) is 17.4. The molecule has 5 nitrogen and oxygen atoms in total. The van der Waals surface area contributed by atoms with E-state index in [1.807, 2.05) is 6.07 Å². The Morgan fingerprint density at radius 2 is 1.86 bits per heavy atom. The molecule has 0 saturated carbocycles. The summed E-state index contributed by atoms with van der Waals surface area (Å²) >= 11 is 0. The minimum absolute atomic E-state index is 0.0177. The molecule has 0 radical (unpaired) electrons. The summed E-state index contributed by atoms with van der Waals surface area (Å²) in [5.74, 6) is -0.0177. The molecule has 1 fully saturated rings. The number of aromatic nitrogens is 2. The number of hydrogen-bond acceptors (Lipinski definition) is 3. The molecular weight excluding hydrogens is 350 g/mol. The van der Waals surface area contributed by atoms with Gasteiger partial charge in [-0.1, -0.05) is 51.1 Å². The smallest absolute Gasteiger partial charge is 0.254 e. The Kier molecular flexibility index (Phi) is 6.89. The van der Waals surface area contributed by atoms with Gasteiger partial charge in [0.15, 0.2) is 0 Å². The van der Waals surface area contributed by atoms with E-state index in [0.29, 0.717) is 18.2 Å². The van der Waals surface area contributed by atoms with E-state index < -0.39 is 0 Å². The van der Waals surface area contributed by atoms with Gasteiger partial charge in [-0.05, 0) is 37.7 Å². The highest BCUT2D eigenvalue weighted by Crippen LogP contribution is 2.34. The number of amides is 1. The van der Waals surface area contributed by atoms with Crippen molar-refractivity contribution >= 4 is 5.91 Å². The van der Waals surface area contributed by atoms with E-state index in [-0.39, 0.29) is 11.3 Å². The first-order chi connectivity index (χ1) is 13.6. The lowest BCUT2D eigenvalue weighted by atomic mass is 9.74. The van der Waals surface area contributed by atoms with E-state index in [2.05, 4.69) is 60.1 Å². The Balaban J connectivity index is 1.79. The van der Waals surface area contributed by atoms with Crippen LogP contribution in [0.25, 0.3) is 0 Å². The Bertz CT molecular complexity index is 759. The third-order valence-corrected chi connectivity index (χ3v) is 6.19. The molecule has 1 amide bonds. The molecule has 0 unspecified atom stereocenters. The molecule has 1 N–H and O–H groups in total. The maximum atomic E-state index is 13.1. The van der Waals surface area contributed by atoms with Crippen LogP contribution in [0, 0.1) is 0 Å². The van der Waals surface area contributed by atoms with Gasteiger partial charge in [0.05, 0.1) is 23.5 Å². The third-order valence-electron chi connectivity index (χ3n) is 6.19. The van der Waals surface area contributed by atoms with Crippen molar-refractivity contribution in [2.75, 3.05) is 19.8 Å². The molecule has 1 aliphatic rings. The molecule has 1 aliphatic heterocycles. The average molecular weight is 384 g/mol. The summed E-state index contributed by atoms with van der Waals surface area (Å²) in [4.78, 5) is 13.1. The van der Waals surface area contributed by atoms with E-state index in [0.717, 1.165) is 51.0 Å². The quantitative estimate of drug-likeness (QED) is 0.740. The van der Waals surface area contributed by atoms with Crippen molar-refractivity contribution in [1.82, 2.24) is 15.1 Å². The Labute approximate surface area is 168 Å². The second-order valence-corrected chi connectivity index (χ2v) is 7.71. The number of nitrogens with zero attached hydrogens (tertiary/aromatic N) is 2. The second kappa shape index (κ2) is 9.37. The topological polar surface area (TPSA) is 56.1 Å². The van der Waals surface area contributed by atoms with Crippen LogP contribution in [-0.4, -0.2) is 35.4 Å². The van der Waals surface area contributed by atoms with Gasteiger partial charge in [0.2, 0.25) is 0 Å². The van der Waals surface area contributed by atoms with Crippen LogP contribution in [0.2, 0.25) is 0 Å². The van der Waals surface area contributed by atoms with Crippen LogP contribution in [0.15, 0.2) is 36.5 Å². The first kappa shape index (κ1) is 20.6. The molecule has 0 aliphatic carbocycles. The summed E-state index contributed by atoms with van der Waals surface area (Å²) in [7, 11) is 0. The van der Waals surface area contributed by atoms with E-state index in [9.17, 15) is 4.79 Å². The van der Waals surface area contributed by atoms with Gasteiger partial charge in [0.1, 0.15) is 0 Å². The van der Waals surface area contributed by atoms with Crippen molar-refractivity contribution in [2.24, 2.45) is 0 Å². The van der Waals surface area contributed by atoms with Gasteiger partial charge in [0.25, 0.3) is 5.91 Å². The molecule has 5 heteroatoms. The van der Waals surface area contributed by atoms with E-state index >= 15 is 0 Å². The fourth-order valence-corrected chi connectivity index (χ4v) is 4.34. The predicted molar refractivity (Wildman–Crippen MR) is 112 cm³/mol. The summed E-state index contributed by atoms with van der Waals surface area (Å²) in [5.41, 5.74) is 2.96. The fourth-order valence-electron chi connectivity index (χ4n) is 4.34. The van der Waals surface area contributed by atoms with Gasteiger partial charge in [-0.25, -0.2) is 0 Å². The Hall–Kier alpha value is -2.14. The number of nitrogens with one attached hydrogen (secondary N) is 1. The molecule has 0 spiro atoms. The molecule has 1 aromatic heterocycles. The molecule has 1 aromatic carbocycles. The van der Waals surface area contributed by atoms with Crippen LogP contribution in [0.3, 0.4) is 0 Å². The van der Waals surface area contributed by atoms with Gasteiger partial charge < -0.3 is 10.1 Å². The molecule has 3 rings (SSSR count). The number of carbonyl (C=O) groups excluding carboxylic acids is 1. The number of benzene rings is 1. The first-order valence-electron chi connectivity index (χ1n) is 10.6. The van der Waals surface area contributed by atoms with Crippen molar-refractivity contribution < 1.29 is 9.53 Å². The number of hydrogen-bond donors (Lipinski definition) is 1. The molecule has 2 aromatic rings. The highest BCUT2D eigenvalue weighted by Gasteiger charge is 2.35. The van der Waals surface area contributed by atoms with Crippen LogP contribution in [0.4, 0.5) is 0 Å². The summed E-state index contributed by atoms with van der Waals surface area (Å²) in [6, 6.07) is 10.9. The van der Waals surface area contributed by atoms with E-state index in [4.69, 9.17) is 4.74 Å². The normalized spacial score (nSPS) is 16.3. The van der Waals surface area contributed by atoms with E-state index in [1.54, 1.807) is 6.20 Å². The standard InChI is InChI=1S/C23H33N3O2/c1-4-19(5-2)26-21(6-3)20(16-25-26)22(27)24-17-23(12-14-28-15-13-23)18-10-8-7-9-11-18/h7-11,16,19H,4-6,12-15,17H2,1-3H3,(H,24,27). The van der Waals surface area contributed by atoms with Gasteiger partial charge in [-0.3, -0.25) is 9.48 Å². The zero-order valence-electron chi connectivity index (χ0n) is 17.4. The largest absolute Gasteiger partial charge is 0.381 e. The molecule has 0 atom stereocenters. The summed E-state index contributed by atoms with van der Waals surface area (Å²) < 4.78 is 7.65. The molecule has 2 heterocycles. The minimum Gasteiger partial charge on any atom is -0.381 e. The van der Waals surface area contributed by atoms with Gasteiger partial charge in [-0.15, -0.1) is 0 Å². The van der Waals surface area contributed by atoms with E-state index in [1.165, 1.54) is 5.56 Å². The zero-order chi connectivity index (χ0) is 20.0. The minimum atomic E-state index is -0.0626. The van der Waals surface area contributed by atoms with Crippen LogP contribution in [0.1, 0.15) is 74.1 Å². The van der Waals surface area contributed by atoms with Crippen molar-refractivity contribution in [2.45, 2.75) is 64.3 Å². The van der Waals surface area contributed by atoms with Gasteiger partial charge in [-0.2, -0.15) is 5.10 Å². The second-order valence-electron chi connectivity index (χ2n) is 7.71. The SMILES string of the molecule is CCc1c(C(=O)NCC2(c3ccccc3)CCOCC2)cnn1C(CC)CC. The Morgan fingerprint density at radius 3 is 2.46 bits per heavy atom. The monoisotopic (exact) mass is 383 g/mol. The fraction of sp³-hybridized carbons (Fsp3) is 0.565. The van der Waals surface area contributed by atoms with Crippen LogP contribution in [0.5, 0.6) is 0 Å². The van der Waals surface area contributed by atoms with Crippen LogP contribution >= 0.6 is 0 Å². The first-order valence-corrected chi connectivity index (χ1v) is 10.6. The van der Waals surface area contributed by atoms with Crippen molar-refractivity contribution in [1.29, 1.82) is 0 Å². The predicted octanol–water partition coefficient (Wildman–Crippen LogP) is 4.28. The average Bonchev–Trinajstić information content (AvgIpc) is 3.18. The summed E-state index contributed by atoms with van der Waals surface area (Å²) in [5, 5.41) is 7.78. The Morgan fingerprint density at radius 1 is 1.18 bits per heavy atom. The van der Waals surface area contributed by atoms with Crippen molar-refractivity contribution in [3.8, 4) is 0 Å². The van der Waals surface area contributed by atoms with Crippen LogP contribution in [-0.2, 0) is 16.6 Å². The maximum Gasteiger partial charge on any atom is 0.254 e. The maximum absolute atomic E-state index is 13.1. The van der Waals surface area contributed by atoms with Crippen LogP contribution < -0.4 is 5.32 Å². The molecule has 152 valence electrons. The number of carbonyl (C=O) groups is 1. The van der Waals surface area contributed by atoms with Crippen molar-refractivity contribution in [3.05, 3.63) is 53.3 Å². The lowest BCUT2D eigenvalue weighted by molar-refractivity contribution is 0.0487. The summed E-state index contributed by atoms with van der Waals surface area (Å²) in [6.45, 7) is 8.53. The summed E-state index contributed by atoms with van der Waals surface area (Å²) in [6.07, 6.45) is 6.42. The van der Waals surface area contributed by atoms with Crippen molar-refractivity contribution in [3.63, 3.8) is 0 Å². The number of ether oxygens (including phenoxy) is 1. The molecule has 0 bridgehead atoms. The van der Waals surface area contributed by atoms with Gasteiger partial charge in [0, 0.05) is 25.2 Å². The molecule has 1 saturated heterocycles. The number of rotatable bonds is 8.